The van der Waals surface area contributed by atoms with Crippen LogP contribution in [0.1, 0.15) is 40.2 Å². The molecule has 0 fully saturated rings. The molecule has 0 rings (SSSR count). The second-order valence-corrected chi connectivity index (χ2v) is 0.908. The fraction of sp³-hybridized carbons (Fsp3) is 0.667. The van der Waals surface area contributed by atoms with Gasteiger partial charge in [-0.3, -0.25) is 0 Å². The van der Waals surface area contributed by atoms with Crippen LogP contribution in [-0.2, 0) is 9.59 Å². The van der Waals surface area contributed by atoms with E-state index in [2.05, 4.69) is 0 Å². The van der Waals surface area contributed by atoms with Crippen LogP contribution in [0.2, 0.25) is 0 Å². The summed E-state index contributed by atoms with van der Waals surface area (Å²) in [4.78, 5) is 22.5. The summed E-state index contributed by atoms with van der Waals surface area (Å²) in [6.45, 7) is -6.96. The minimum Gasteiger partial charge on any atom is -0.300 e. The van der Waals surface area contributed by atoms with Gasteiger partial charge in [-0.25, -0.2) is 0 Å². The van der Waals surface area contributed by atoms with Crippen molar-refractivity contribution in [2.24, 2.45) is 0 Å². The molecule has 0 aromatic rings. The third-order valence-corrected chi connectivity index (χ3v) is 0.290. The summed E-state index contributed by atoms with van der Waals surface area (Å²) in [6.07, 6.45) is -7.52. The number of carbonyl (C=O) groups is 2. The summed E-state index contributed by atoms with van der Waals surface area (Å²) >= 11 is 0. The molecule has 0 aliphatic heterocycles. The van der Waals surface area contributed by atoms with Gasteiger partial charge in [0.15, 0.2) is 0 Å². The van der Waals surface area contributed by atoms with E-state index in [0.717, 1.165) is 0 Å². The molecular weight excluding hydrogens is 104 g/mol. The van der Waals surface area contributed by atoms with Crippen LogP contribution < -0.4 is 0 Å². The fourth-order valence-electron chi connectivity index (χ4n) is 0.114. The average Bonchev–Trinajstić information content (AvgIpc) is 2.12. The molecule has 0 bridgehead atoms. The molecule has 2 heteroatoms. The lowest BCUT2D eigenvalue weighted by Crippen LogP contribution is -1.95. The Morgan fingerprint density at radius 2 is 1.75 bits per heavy atom. The molecule has 8 heavy (non-hydrogen) atoms. The minimum atomic E-state index is -3.76. The third-order valence-electron chi connectivity index (χ3n) is 0.290. The number of ketones is 2. The Balaban J connectivity index is 5.61. The smallest absolute Gasteiger partial charge is 0.130 e. The molecular formula is C6H10O2. The number of hydrogen-bond donors (Lipinski definition) is 0. The van der Waals surface area contributed by atoms with E-state index in [1.54, 1.807) is 0 Å². The number of rotatable bonds is 3. The molecule has 0 saturated heterocycles. The molecule has 0 aromatic carbocycles. The van der Waals surface area contributed by atoms with Crippen molar-refractivity contribution in [3.8, 4) is 0 Å². The zero-order chi connectivity index (χ0) is 15.2. The quantitative estimate of drug-likeness (QED) is 0.561. The Hall–Kier alpha value is -0.660. The Kier molecular flexibility index (Phi) is 0.464. The predicted octanol–water partition coefficient (Wildman–Crippen LogP) is 0.945. The number of carbonyl (C=O) groups excluding carboxylic acids is 2. The standard InChI is InChI=1S/C6H10O2/c1-5(7)3-4-6(2)8/h3-4H2,1-2H3/i1D3,2D3,3D2,4D2. The third kappa shape index (κ3) is 5.34. The summed E-state index contributed by atoms with van der Waals surface area (Å²) in [6, 6.07) is 0. The lowest BCUT2D eigenvalue weighted by Gasteiger charge is -1.86. The van der Waals surface area contributed by atoms with E-state index in [1.165, 1.54) is 0 Å². The van der Waals surface area contributed by atoms with Crippen LogP contribution in [0.15, 0.2) is 0 Å². The van der Waals surface area contributed by atoms with Crippen molar-refractivity contribution < 1.29 is 23.3 Å². The van der Waals surface area contributed by atoms with Gasteiger partial charge in [-0.05, 0) is 13.7 Å². The van der Waals surface area contributed by atoms with Gasteiger partial charge in [0.2, 0.25) is 0 Å². The van der Waals surface area contributed by atoms with E-state index in [1.807, 2.05) is 0 Å². The van der Waals surface area contributed by atoms with Gasteiger partial charge in [-0.2, -0.15) is 0 Å². The first kappa shape index (κ1) is 1.11. The van der Waals surface area contributed by atoms with E-state index in [4.69, 9.17) is 13.7 Å². The van der Waals surface area contributed by atoms with E-state index >= 15 is 0 Å². The van der Waals surface area contributed by atoms with Gasteiger partial charge in [0.25, 0.3) is 0 Å². The SMILES string of the molecule is [2H]C([2H])([2H])C(=O)C([2H])([2H])C([2H])([2H])C(=O)C([2H])([2H])[2H]. The maximum absolute atomic E-state index is 11.3. The van der Waals surface area contributed by atoms with E-state index in [-0.39, 0.29) is 0 Å². The largest absolute Gasteiger partial charge is 0.300 e. The van der Waals surface area contributed by atoms with Crippen molar-refractivity contribution in [1.29, 1.82) is 0 Å². The molecule has 0 N–H and O–H groups in total. The van der Waals surface area contributed by atoms with Crippen LogP contribution >= 0.6 is 0 Å². The Bertz CT molecular complexity index is 326. The van der Waals surface area contributed by atoms with Crippen molar-refractivity contribution in [2.45, 2.75) is 26.4 Å². The summed E-state index contributed by atoms with van der Waals surface area (Å²) in [7, 11) is 0. The molecule has 46 valence electrons. The minimum absolute atomic E-state index is 2.15. The van der Waals surface area contributed by atoms with Crippen molar-refractivity contribution >= 4 is 11.6 Å². The second kappa shape index (κ2) is 3.36. The molecule has 0 radical (unpaired) electrons. The second-order valence-electron chi connectivity index (χ2n) is 0.908. The highest BCUT2D eigenvalue weighted by molar-refractivity contribution is 5.83. The van der Waals surface area contributed by atoms with Gasteiger partial charge in [0.05, 0.1) is 0 Å². The molecule has 0 amide bonds. The molecule has 0 aliphatic carbocycles. The van der Waals surface area contributed by atoms with Crippen LogP contribution in [-0.4, -0.2) is 11.6 Å². The van der Waals surface area contributed by atoms with Crippen LogP contribution in [0, 0.1) is 0 Å². The van der Waals surface area contributed by atoms with Gasteiger partial charge in [0.1, 0.15) is 11.6 Å². The first-order valence-electron chi connectivity index (χ1n) is 6.66. The summed E-state index contributed by atoms with van der Waals surface area (Å²) < 4.78 is 68.6. The zero-order valence-corrected chi connectivity index (χ0v) is 3.82. The predicted molar refractivity (Wildman–Crippen MR) is 30.6 cm³/mol. The first-order chi connectivity index (χ1) is 7.56. The van der Waals surface area contributed by atoms with Gasteiger partial charge in [-0.15, -0.1) is 0 Å². The highest BCUT2D eigenvalue weighted by Gasteiger charge is 1.95. The van der Waals surface area contributed by atoms with Crippen LogP contribution in [0.25, 0.3) is 0 Å². The van der Waals surface area contributed by atoms with Crippen molar-refractivity contribution in [3.05, 3.63) is 0 Å². The molecule has 0 atom stereocenters. The molecule has 0 aliphatic rings. The first-order valence-corrected chi connectivity index (χ1v) is 1.66. The lowest BCUT2D eigenvalue weighted by molar-refractivity contribution is -0.122. The molecule has 2 nitrogen and oxygen atoms in total. The maximum atomic E-state index is 11.3. The molecule has 0 aromatic heterocycles. The lowest BCUT2D eigenvalue weighted by atomic mass is 10.2. The highest BCUT2D eigenvalue weighted by atomic mass is 16.1. The fourth-order valence-corrected chi connectivity index (χ4v) is 0.114. The average molecular weight is 124 g/mol. The van der Waals surface area contributed by atoms with Crippen molar-refractivity contribution in [2.75, 3.05) is 0 Å². The molecule has 0 heterocycles. The van der Waals surface area contributed by atoms with Gasteiger partial charge in [0, 0.05) is 26.5 Å². The summed E-state index contributed by atoms with van der Waals surface area (Å²) in [5, 5.41) is 0. The topological polar surface area (TPSA) is 34.1 Å². The summed E-state index contributed by atoms with van der Waals surface area (Å²) in [5.74, 6) is -4.31. The van der Waals surface area contributed by atoms with Crippen LogP contribution in [0.4, 0.5) is 0 Å². The van der Waals surface area contributed by atoms with Crippen molar-refractivity contribution in [1.82, 2.24) is 0 Å². The Morgan fingerprint density at radius 1 is 1.38 bits per heavy atom. The number of hydrogen-bond acceptors (Lipinski definition) is 2. The monoisotopic (exact) mass is 124 g/mol. The van der Waals surface area contributed by atoms with Crippen molar-refractivity contribution in [3.63, 3.8) is 0 Å². The van der Waals surface area contributed by atoms with Crippen LogP contribution in [0.3, 0.4) is 0 Å². The van der Waals surface area contributed by atoms with Gasteiger partial charge in [-0.1, -0.05) is 0 Å². The molecule has 0 unspecified atom stereocenters. The molecule has 0 saturated carbocycles. The highest BCUT2D eigenvalue weighted by Crippen LogP contribution is 1.89. The van der Waals surface area contributed by atoms with E-state index in [9.17, 15) is 9.59 Å². The van der Waals surface area contributed by atoms with E-state index < -0.39 is 38.0 Å². The molecule has 0 spiro atoms. The Morgan fingerprint density at radius 3 is 2.00 bits per heavy atom. The van der Waals surface area contributed by atoms with Gasteiger partial charge >= 0.3 is 0 Å². The number of Topliss-reactive ketones (excluding diaryl/α,β-unsaturated/α-hetero) is 2. The Labute approximate surface area is 62.9 Å². The zero-order valence-electron chi connectivity index (χ0n) is 13.8. The van der Waals surface area contributed by atoms with Crippen LogP contribution in [0.5, 0.6) is 0 Å². The normalized spacial score (nSPS) is 34.0. The van der Waals surface area contributed by atoms with Gasteiger partial charge < -0.3 is 9.59 Å². The summed E-state index contributed by atoms with van der Waals surface area (Å²) in [5.41, 5.74) is 0. The van der Waals surface area contributed by atoms with E-state index in [0.29, 0.717) is 0 Å². The maximum Gasteiger partial charge on any atom is 0.130 e.